The first kappa shape index (κ1) is 10.7. The minimum atomic E-state index is 1.28. The molecule has 0 aliphatic heterocycles. The fraction of sp³-hybridized carbons (Fsp3) is 0.125. The third-order valence-electron chi connectivity index (χ3n) is 2.64. The van der Waals surface area contributed by atoms with Crippen molar-refractivity contribution in [2.45, 2.75) is 13.8 Å². The molecule has 0 saturated heterocycles. The van der Waals surface area contributed by atoms with Gasteiger partial charge in [-0.3, -0.25) is 0 Å². The maximum atomic E-state index is 2.24. The van der Waals surface area contributed by atoms with E-state index in [0.717, 1.165) is 0 Å². The Morgan fingerprint density at radius 2 is 1.69 bits per heavy atom. The molecule has 0 N–H and O–H groups in total. The Kier molecular flexibility index (Phi) is 3.21. The summed E-state index contributed by atoms with van der Waals surface area (Å²) in [6.07, 6.45) is 4.23. The molecule has 0 nitrogen and oxygen atoms in total. The Morgan fingerprint density at radius 3 is 2.38 bits per heavy atom. The maximum Gasteiger partial charge on any atom is -0.0109 e. The molecule has 2 aromatic rings. The van der Waals surface area contributed by atoms with Gasteiger partial charge >= 0.3 is 0 Å². The Morgan fingerprint density at radius 1 is 0.938 bits per heavy atom. The van der Waals surface area contributed by atoms with Gasteiger partial charge in [-0.05, 0) is 30.5 Å². The van der Waals surface area contributed by atoms with Crippen LogP contribution in [0.1, 0.15) is 18.1 Å². The summed E-state index contributed by atoms with van der Waals surface area (Å²) < 4.78 is 0. The van der Waals surface area contributed by atoms with Crippen molar-refractivity contribution in [1.82, 2.24) is 0 Å². The number of allylic oxidation sites excluding steroid dienone is 1. The van der Waals surface area contributed by atoms with Crippen molar-refractivity contribution in [3.8, 4) is 11.1 Å². The normalized spacial score (nSPS) is 10.9. The van der Waals surface area contributed by atoms with Crippen LogP contribution in [0.4, 0.5) is 0 Å². The van der Waals surface area contributed by atoms with Crippen molar-refractivity contribution in [2.75, 3.05) is 0 Å². The van der Waals surface area contributed by atoms with E-state index in [0.29, 0.717) is 0 Å². The maximum absolute atomic E-state index is 2.24. The Hall–Kier alpha value is -1.82. The minimum Gasteiger partial charge on any atom is -0.0870 e. The zero-order valence-electron chi connectivity index (χ0n) is 9.77. The highest BCUT2D eigenvalue weighted by molar-refractivity contribution is 5.75. The fourth-order valence-corrected chi connectivity index (χ4v) is 1.86. The van der Waals surface area contributed by atoms with E-state index in [1.165, 1.54) is 22.3 Å². The second-order valence-corrected chi connectivity index (χ2v) is 3.96. The number of hydrogen-bond donors (Lipinski definition) is 0. The molecule has 16 heavy (non-hydrogen) atoms. The average molecular weight is 208 g/mol. The van der Waals surface area contributed by atoms with Crippen LogP contribution in [0.25, 0.3) is 17.2 Å². The van der Waals surface area contributed by atoms with Gasteiger partial charge < -0.3 is 0 Å². The molecule has 0 bridgehead atoms. The molecule has 0 atom stereocenters. The lowest BCUT2D eigenvalue weighted by molar-refractivity contribution is 1.45. The van der Waals surface area contributed by atoms with E-state index in [-0.39, 0.29) is 0 Å². The van der Waals surface area contributed by atoms with Gasteiger partial charge in [-0.2, -0.15) is 0 Å². The molecule has 0 aliphatic rings. The standard InChI is InChI=1S/C16H16/c1-3-7-14-11-10-13(2)12-16(14)15-8-5-4-6-9-15/h3-12H,1-2H3. The molecule has 80 valence electrons. The van der Waals surface area contributed by atoms with E-state index in [1.54, 1.807) is 0 Å². The molecule has 0 aromatic heterocycles. The average Bonchev–Trinajstić information content (AvgIpc) is 2.33. The highest BCUT2D eigenvalue weighted by Crippen LogP contribution is 2.25. The van der Waals surface area contributed by atoms with Crippen LogP contribution in [-0.4, -0.2) is 0 Å². The molecular formula is C16H16. The van der Waals surface area contributed by atoms with Crippen LogP contribution >= 0.6 is 0 Å². The molecule has 0 saturated carbocycles. The third kappa shape index (κ3) is 2.22. The van der Waals surface area contributed by atoms with E-state index >= 15 is 0 Å². The molecule has 0 heterocycles. The van der Waals surface area contributed by atoms with Crippen molar-refractivity contribution in [3.63, 3.8) is 0 Å². The van der Waals surface area contributed by atoms with Crippen LogP contribution in [0.5, 0.6) is 0 Å². The van der Waals surface area contributed by atoms with Crippen LogP contribution in [-0.2, 0) is 0 Å². The summed E-state index contributed by atoms with van der Waals surface area (Å²) in [6, 6.07) is 17.1. The Bertz CT molecular complexity index is 493. The summed E-state index contributed by atoms with van der Waals surface area (Å²) in [5, 5.41) is 0. The van der Waals surface area contributed by atoms with Crippen molar-refractivity contribution in [1.29, 1.82) is 0 Å². The lowest BCUT2D eigenvalue weighted by Gasteiger charge is -2.07. The van der Waals surface area contributed by atoms with Gasteiger partial charge in [-0.15, -0.1) is 0 Å². The topological polar surface area (TPSA) is 0 Å². The van der Waals surface area contributed by atoms with Crippen molar-refractivity contribution in [3.05, 3.63) is 65.7 Å². The monoisotopic (exact) mass is 208 g/mol. The zero-order chi connectivity index (χ0) is 11.4. The predicted octanol–water partition coefficient (Wildman–Crippen LogP) is 4.70. The van der Waals surface area contributed by atoms with Gasteiger partial charge in [0.15, 0.2) is 0 Å². The fourth-order valence-electron chi connectivity index (χ4n) is 1.86. The van der Waals surface area contributed by atoms with Crippen molar-refractivity contribution < 1.29 is 0 Å². The smallest absolute Gasteiger partial charge is 0.0109 e. The van der Waals surface area contributed by atoms with Crippen LogP contribution in [0.2, 0.25) is 0 Å². The molecule has 0 spiro atoms. The van der Waals surface area contributed by atoms with E-state index in [1.807, 2.05) is 0 Å². The zero-order valence-corrected chi connectivity index (χ0v) is 9.77. The molecular weight excluding hydrogens is 192 g/mol. The predicted molar refractivity (Wildman–Crippen MR) is 71.3 cm³/mol. The van der Waals surface area contributed by atoms with Crippen LogP contribution in [0, 0.1) is 6.92 Å². The van der Waals surface area contributed by atoms with Gasteiger partial charge in [0.25, 0.3) is 0 Å². The Balaban J connectivity index is 2.58. The summed E-state index contributed by atoms with van der Waals surface area (Å²) in [7, 11) is 0. The van der Waals surface area contributed by atoms with Crippen LogP contribution < -0.4 is 0 Å². The molecule has 0 fully saturated rings. The van der Waals surface area contributed by atoms with Crippen molar-refractivity contribution >= 4 is 6.08 Å². The first-order valence-electron chi connectivity index (χ1n) is 5.60. The number of hydrogen-bond acceptors (Lipinski definition) is 0. The Labute approximate surface area is 97.3 Å². The van der Waals surface area contributed by atoms with E-state index < -0.39 is 0 Å². The summed E-state index contributed by atoms with van der Waals surface area (Å²) in [4.78, 5) is 0. The van der Waals surface area contributed by atoms with Crippen LogP contribution in [0.15, 0.2) is 54.6 Å². The summed E-state index contributed by atoms with van der Waals surface area (Å²) >= 11 is 0. The quantitative estimate of drug-likeness (QED) is 0.671. The van der Waals surface area contributed by atoms with E-state index in [9.17, 15) is 0 Å². The lowest BCUT2D eigenvalue weighted by Crippen LogP contribution is -1.84. The summed E-state index contributed by atoms with van der Waals surface area (Å²) in [5.41, 5.74) is 5.16. The molecule has 2 rings (SSSR count). The largest absolute Gasteiger partial charge is 0.0870 e. The third-order valence-corrected chi connectivity index (χ3v) is 2.64. The first-order valence-corrected chi connectivity index (χ1v) is 5.60. The van der Waals surface area contributed by atoms with Gasteiger partial charge in [0.1, 0.15) is 0 Å². The lowest BCUT2D eigenvalue weighted by atomic mass is 9.97. The van der Waals surface area contributed by atoms with Crippen molar-refractivity contribution in [2.24, 2.45) is 0 Å². The first-order chi connectivity index (χ1) is 7.81. The van der Waals surface area contributed by atoms with Gasteiger partial charge in [-0.1, -0.05) is 66.2 Å². The second-order valence-electron chi connectivity index (χ2n) is 3.96. The van der Waals surface area contributed by atoms with Gasteiger partial charge in [0, 0.05) is 0 Å². The number of rotatable bonds is 2. The van der Waals surface area contributed by atoms with Gasteiger partial charge in [-0.25, -0.2) is 0 Å². The molecule has 0 heteroatoms. The van der Waals surface area contributed by atoms with Gasteiger partial charge in [0.05, 0.1) is 0 Å². The highest BCUT2D eigenvalue weighted by Gasteiger charge is 2.02. The molecule has 0 aliphatic carbocycles. The minimum absolute atomic E-state index is 1.28. The van der Waals surface area contributed by atoms with Gasteiger partial charge in [0.2, 0.25) is 0 Å². The SMILES string of the molecule is CC=Cc1ccc(C)cc1-c1ccccc1. The number of aryl methyl sites for hydroxylation is 1. The number of benzene rings is 2. The highest BCUT2D eigenvalue weighted by atomic mass is 14.1. The van der Waals surface area contributed by atoms with Crippen LogP contribution in [0.3, 0.4) is 0 Å². The van der Waals surface area contributed by atoms with E-state index in [2.05, 4.69) is 74.5 Å². The molecule has 2 aromatic carbocycles. The van der Waals surface area contributed by atoms with E-state index in [4.69, 9.17) is 0 Å². The second kappa shape index (κ2) is 4.80. The summed E-state index contributed by atoms with van der Waals surface area (Å²) in [6.45, 7) is 4.18. The molecule has 0 amide bonds. The molecule has 0 radical (unpaired) electrons. The summed E-state index contributed by atoms with van der Waals surface area (Å²) in [5.74, 6) is 0. The molecule has 0 unspecified atom stereocenters.